The number of piperidine rings is 1. The van der Waals surface area contributed by atoms with E-state index >= 15 is 0 Å². The SMILES string of the molecule is Cc1oc(-c2cccc(F)c2)nc1CN1CCC[C@H](c2ccccc2)C1. The Labute approximate surface area is 153 Å². The van der Waals surface area contributed by atoms with Crippen molar-refractivity contribution in [2.75, 3.05) is 13.1 Å². The van der Waals surface area contributed by atoms with Crippen molar-refractivity contribution in [3.63, 3.8) is 0 Å². The van der Waals surface area contributed by atoms with E-state index in [9.17, 15) is 4.39 Å². The molecule has 0 aliphatic carbocycles. The van der Waals surface area contributed by atoms with E-state index in [2.05, 4.69) is 40.2 Å². The molecule has 2 aromatic carbocycles. The molecule has 1 fully saturated rings. The van der Waals surface area contributed by atoms with Crippen LogP contribution in [0.5, 0.6) is 0 Å². The minimum atomic E-state index is -0.276. The van der Waals surface area contributed by atoms with Gasteiger partial charge in [0.2, 0.25) is 5.89 Å². The molecule has 1 saturated heterocycles. The molecule has 0 N–H and O–H groups in total. The predicted octanol–water partition coefficient (Wildman–Crippen LogP) is 5.17. The second kappa shape index (κ2) is 7.42. The van der Waals surface area contributed by atoms with Gasteiger partial charge in [0.25, 0.3) is 0 Å². The number of rotatable bonds is 4. The van der Waals surface area contributed by atoms with E-state index in [4.69, 9.17) is 4.42 Å². The largest absolute Gasteiger partial charge is 0.441 e. The average Bonchev–Trinajstić information content (AvgIpc) is 3.03. The summed E-state index contributed by atoms with van der Waals surface area (Å²) in [6, 6.07) is 17.1. The highest BCUT2D eigenvalue weighted by atomic mass is 19.1. The van der Waals surface area contributed by atoms with Crippen molar-refractivity contribution in [3.05, 3.63) is 77.4 Å². The lowest BCUT2D eigenvalue weighted by Gasteiger charge is -2.32. The molecule has 26 heavy (non-hydrogen) atoms. The zero-order chi connectivity index (χ0) is 17.9. The van der Waals surface area contributed by atoms with Gasteiger partial charge in [-0.25, -0.2) is 9.37 Å². The van der Waals surface area contributed by atoms with Crippen LogP contribution in [0.4, 0.5) is 4.39 Å². The lowest BCUT2D eigenvalue weighted by Crippen LogP contribution is -2.34. The molecule has 4 rings (SSSR count). The number of aryl methyl sites for hydroxylation is 1. The van der Waals surface area contributed by atoms with E-state index in [0.717, 1.165) is 31.1 Å². The number of oxazole rings is 1. The lowest BCUT2D eigenvalue weighted by atomic mass is 9.90. The molecule has 1 atom stereocenters. The fourth-order valence-electron chi connectivity index (χ4n) is 3.73. The topological polar surface area (TPSA) is 29.3 Å². The summed E-state index contributed by atoms with van der Waals surface area (Å²) in [7, 11) is 0. The molecule has 3 aromatic rings. The van der Waals surface area contributed by atoms with Crippen LogP contribution in [-0.2, 0) is 6.54 Å². The number of halogens is 1. The Hall–Kier alpha value is -2.46. The van der Waals surface area contributed by atoms with Crippen LogP contribution in [-0.4, -0.2) is 23.0 Å². The van der Waals surface area contributed by atoms with Crippen LogP contribution in [0.25, 0.3) is 11.5 Å². The smallest absolute Gasteiger partial charge is 0.226 e. The highest BCUT2D eigenvalue weighted by Crippen LogP contribution is 2.29. The average molecular weight is 350 g/mol. The predicted molar refractivity (Wildman–Crippen MR) is 100 cm³/mol. The minimum Gasteiger partial charge on any atom is -0.441 e. The van der Waals surface area contributed by atoms with Crippen molar-refractivity contribution >= 4 is 0 Å². The maximum Gasteiger partial charge on any atom is 0.226 e. The van der Waals surface area contributed by atoms with Gasteiger partial charge in [-0.2, -0.15) is 0 Å². The third-order valence-electron chi connectivity index (χ3n) is 5.11. The lowest BCUT2D eigenvalue weighted by molar-refractivity contribution is 0.197. The maximum atomic E-state index is 13.5. The van der Waals surface area contributed by atoms with Crippen molar-refractivity contribution in [3.8, 4) is 11.5 Å². The van der Waals surface area contributed by atoms with Crippen LogP contribution < -0.4 is 0 Å². The van der Waals surface area contributed by atoms with Gasteiger partial charge in [-0.15, -0.1) is 0 Å². The molecule has 2 heterocycles. The first kappa shape index (κ1) is 17.0. The second-order valence-corrected chi connectivity index (χ2v) is 7.02. The van der Waals surface area contributed by atoms with Crippen molar-refractivity contribution in [2.24, 2.45) is 0 Å². The van der Waals surface area contributed by atoms with Crippen molar-refractivity contribution < 1.29 is 8.81 Å². The summed E-state index contributed by atoms with van der Waals surface area (Å²) in [5, 5.41) is 0. The minimum absolute atomic E-state index is 0.276. The molecular weight excluding hydrogens is 327 g/mol. The van der Waals surface area contributed by atoms with E-state index in [1.54, 1.807) is 6.07 Å². The Bertz CT molecular complexity index is 875. The van der Waals surface area contributed by atoms with E-state index in [-0.39, 0.29) is 5.82 Å². The quantitative estimate of drug-likeness (QED) is 0.650. The summed E-state index contributed by atoms with van der Waals surface area (Å²) >= 11 is 0. The van der Waals surface area contributed by atoms with Gasteiger partial charge in [-0.1, -0.05) is 36.4 Å². The van der Waals surface area contributed by atoms with Gasteiger partial charge in [-0.05, 0) is 56.0 Å². The van der Waals surface area contributed by atoms with Gasteiger partial charge in [0.1, 0.15) is 11.6 Å². The Morgan fingerprint density at radius 1 is 1.15 bits per heavy atom. The Morgan fingerprint density at radius 2 is 2.00 bits per heavy atom. The number of hydrogen-bond acceptors (Lipinski definition) is 3. The number of aromatic nitrogens is 1. The number of benzene rings is 2. The molecule has 0 amide bonds. The van der Waals surface area contributed by atoms with Gasteiger partial charge in [0, 0.05) is 18.7 Å². The summed E-state index contributed by atoms with van der Waals surface area (Å²) < 4.78 is 19.3. The first-order chi connectivity index (χ1) is 12.7. The second-order valence-electron chi connectivity index (χ2n) is 7.02. The van der Waals surface area contributed by atoms with E-state index < -0.39 is 0 Å². The first-order valence-electron chi connectivity index (χ1n) is 9.18. The highest BCUT2D eigenvalue weighted by molar-refractivity contribution is 5.53. The summed E-state index contributed by atoms with van der Waals surface area (Å²) in [5.74, 6) is 1.60. The van der Waals surface area contributed by atoms with Gasteiger partial charge < -0.3 is 4.42 Å². The van der Waals surface area contributed by atoms with Gasteiger partial charge >= 0.3 is 0 Å². The summed E-state index contributed by atoms with van der Waals surface area (Å²) in [6.07, 6.45) is 2.42. The first-order valence-corrected chi connectivity index (χ1v) is 9.18. The third-order valence-corrected chi connectivity index (χ3v) is 5.11. The van der Waals surface area contributed by atoms with Crippen LogP contribution in [0.2, 0.25) is 0 Å². The number of nitrogens with zero attached hydrogens (tertiary/aromatic N) is 2. The molecule has 3 nitrogen and oxygen atoms in total. The Morgan fingerprint density at radius 3 is 2.81 bits per heavy atom. The monoisotopic (exact) mass is 350 g/mol. The summed E-state index contributed by atoms with van der Waals surface area (Å²) in [4.78, 5) is 7.08. The van der Waals surface area contributed by atoms with E-state index in [1.807, 2.05) is 13.0 Å². The standard InChI is InChI=1S/C22H23FN2O/c1-16-21(24-22(26-16)18-9-5-11-20(23)13-18)15-25-12-6-10-19(14-25)17-7-3-2-4-8-17/h2-5,7-9,11,13,19H,6,10,12,14-15H2,1H3/t19-/m0/s1. The van der Waals surface area contributed by atoms with Crippen molar-refractivity contribution in [1.82, 2.24) is 9.88 Å². The molecule has 0 radical (unpaired) electrons. The number of likely N-dealkylation sites (tertiary alicyclic amines) is 1. The fourth-order valence-corrected chi connectivity index (χ4v) is 3.73. The maximum absolute atomic E-state index is 13.5. The zero-order valence-electron chi connectivity index (χ0n) is 15.0. The van der Waals surface area contributed by atoms with Crippen LogP contribution in [0.3, 0.4) is 0 Å². The fraction of sp³-hybridized carbons (Fsp3) is 0.318. The third kappa shape index (κ3) is 3.70. The zero-order valence-corrected chi connectivity index (χ0v) is 15.0. The van der Waals surface area contributed by atoms with Crippen LogP contribution >= 0.6 is 0 Å². The van der Waals surface area contributed by atoms with Crippen LogP contribution in [0, 0.1) is 12.7 Å². The molecule has 0 unspecified atom stereocenters. The van der Waals surface area contributed by atoms with Crippen molar-refractivity contribution in [1.29, 1.82) is 0 Å². The highest BCUT2D eigenvalue weighted by Gasteiger charge is 2.23. The van der Waals surface area contributed by atoms with E-state index in [0.29, 0.717) is 17.4 Å². The summed E-state index contributed by atoms with van der Waals surface area (Å²) in [5.41, 5.74) is 3.03. The molecule has 0 bridgehead atoms. The Kier molecular flexibility index (Phi) is 4.85. The van der Waals surface area contributed by atoms with Crippen molar-refractivity contribution in [2.45, 2.75) is 32.2 Å². The van der Waals surface area contributed by atoms with Crippen LogP contribution in [0.1, 0.15) is 35.8 Å². The van der Waals surface area contributed by atoms with Crippen LogP contribution in [0.15, 0.2) is 59.0 Å². The molecule has 4 heteroatoms. The molecule has 1 aliphatic rings. The van der Waals surface area contributed by atoms with Gasteiger partial charge in [0.05, 0.1) is 5.69 Å². The molecule has 1 aromatic heterocycles. The molecular formula is C22H23FN2O. The normalized spacial score (nSPS) is 18.2. The number of hydrogen-bond donors (Lipinski definition) is 0. The summed E-state index contributed by atoms with van der Waals surface area (Å²) in [6.45, 7) is 4.81. The molecule has 134 valence electrons. The van der Waals surface area contributed by atoms with Gasteiger partial charge in [-0.3, -0.25) is 4.90 Å². The molecule has 0 spiro atoms. The Balaban J connectivity index is 1.49. The molecule has 0 saturated carbocycles. The molecule has 1 aliphatic heterocycles. The van der Waals surface area contributed by atoms with E-state index in [1.165, 1.54) is 30.5 Å². The van der Waals surface area contributed by atoms with Gasteiger partial charge in [0.15, 0.2) is 0 Å².